The van der Waals surface area contributed by atoms with Gasteiger partial charge in [0.1, 0.15) is 0 Å². The molecule has 0 saturated carbocycles. The number of carbonyl (C=O) groups excluding carboxylic acids is 2. The molecule has 0 bridgehead atoms. The van der Waals surface area contributed by atoms with E-state index in [9.17, 15) is 14.0 Å². The lowest BCUT2D eigenvalue weighted by molar-refractivity contribution is -0.127. The number of halogens is 1. The van der Waals surface area contributed by atoms with Crippen LogP contribution in [0.15, 0.2) is 43.0 Å². The summed E-state index contributed by atoms with van der Waals surface area (Å²) in [5, 5.41) is 2.72. The molecule has 0 aromatic carbocycles. The number of carbonyl (C=O) groups is 2. The normalized spacial score (nSPS) is 20.2. The first kappa shape index (κ1) is 16.0. The topological polar surface area (TPSA) is 75.2 Å². The summed E-state index contributed by atoms with van der Waals surface area (Å²) in [6, 6.07) is 4.89. The van der Waals surface area contributed by atoms with Crippen LogP contribution in [0.5, 0.6) is 0 Å². The van der Waals surface area contributed by atoms with Crippen LogP contribution < -0.4 is 5.32 Å². The van der Waals surface area contributed by atoms with E-state index in [0.29, 0.717) is 6.42 Å². The van der Waals surface area contributed by atoms with E-state index in [-0.39, 0.29) is 30.0 Å². The second kappa shape index (κ2) is 6.74. The summed E-state index contributed by atoms with van der Waals surface area (Å²) in [5.74, 6) is -1.26. The first-order valence-electron chi connectivity index (χ1n) is 7.61. The third kappa shape index (κ3) is 3.10. The van der Waals surface area contributed by atoms with Crippen LogP contribution in [-0.4, -0.2) is 40.3 Å². The number of hydrogen-bond acceptors (Lipinski definition) is 4. The maximum absolute atomic E-state index is 13.6. The summed E-state index contributed by atoms with van der Waals surface area (Å²) < 4.78 is 13.6. The van der Waals surface area contributed by atoms with Gasteiger partial charge in [-0.2, -0.15) is 0 Å². The van der Waals surface area contributed by atoms with Gasteiger partial charge in [-0.3, -0.25) is 19.6 Å². The van der Waals surface area contributed by atoms with Gasteiger partial charge in [0, 0.05) is 44.5 Å². The fourth-order valence-electron chi connectivity index (χ4n) is 3.06. The SMILES string of the molecule is CN1C(=O)C[C@@H](CNC(=O)c2ccncc2F)[C@@H]1c1cccnc1. The quantitative estimate of drug-likeness (QED) is 0.924. The van der Waals surface area contributed by atoms with Gasteiger partial charge in [-0.15, -0.1) is 0 Å². The van der Waals surface area contributed by atoms with Gasteiger partial charge >= 0.3 is 0 Å². The van der Waals surface area contributed by atoms with Crippen molar-refractivity contribution < 1.29 is 14.0 Å². The molecule has 2 aromatic rings. The molecule has 1 N–H and O–H groups in total. The summed E-state index contributed by atoms with van der Waals surface area (Å²) >= 11 is 0. The zero-order chi connectivity index (χ0) is 17.1. The van der Waals surface area contributed by atoms with Crippen LogP contribution in [0, 0.1) is 11.7 Å². The summed E-state index contributed by atoms with van der Waals surface area (Å²) in [6.45, 7) is 0.274. The lowest BCUT2D eigenvalue weighted by Crippen LogP contribution is -2.33. The number of hydrogen-bond donors (Lipinski definition) is 1. The van der Waals surface area contributed by atoms with Gasteiger partial charge in [-0.1, -0.05) is 6.07 Å². The summed E-state index contributed by atoms with van der Waals surface area (Å²) in [6.07, 6.45) is 6.08. The van der Waals surface area contributed by atoms with Gasteiger partial charge in [0.05, 0.1) is 17.8 Å². The Morgan fingerprint density at radius 3 is 2.83 bits per heavy atom. The van der Waals surface area contributed by atoms with Crippen molar-refractivity contribution in [3.8, 4) is 0 Å². The summed E-state index contributed by atoms with van der Waals surface area (Å²) in [4.78, 5) is 33.6. The first-order chi connectivity index (χ1) is 11.6. The Labute approximate surface area is 138 Å². The Morgan fingerprint density at radius 1 is 1.33 bits per heavy atom. The average Bonchev–Trinajstić information content (AvgIpc) is 2.88. The highest BCUT2D eigenvalue weighted by Gasteiger charge is 2.38. The second-order valence-electron chi connectivity index (χ2n) is 5.77. The van der Waals surface area contributed by atoms with Gasteiger partial charge in [0.15, 0.2) is 5.82 Å². The van der Waals surface area contributed by atoms with E-state index in [1.54, 1.807) is 24.3 Å². The molecule has 0 aliphatic carbocycles. The van der Waals surface area contributed by atoms with E-state index >= 15 is 0 Å². The molecule has 1 fully saturated rings. The van der Waals surface area contributed by atoms with Crippen molar-refractivity contribution in [1.29, 1.82) is 0 Å². The molecule has 3 rings (SSSR count). The number of nitrogens with zero attached hydrogens (tertiary/aromatic N) is 3. The molecular formula is C17H17FN4O2. The minimum Gasteiger partial charge on any atom is -0.352 e. The summed E-state index contributed by atoms with van der Waals surface area (Å²) in [5.41, 5.74) is 0.862. The highest BCUT2D eigenvalue weighted by Crippen LogP contribution is 2.36. The predicted octanol–water partition coefficient (Wildman–Crippen LogP) is 1.57. The Balaban J connectivity index is 1.73. The first-order valence-corrected chi connectivity index (χ1v) is 7.61. The van der Waals surface area contributed by atoms with Crippen LogP contribution >= 0.6 is 0 Å². The molecule has 0 radical (unpaired) electrons. The maximum Gasteiger partial charge on any atom is 0.254 e. The fraction of sp³-hybridized carbons (Fsp3) is 0.294. The maximum atomic E-state index is 13.6. The van der Waals surface area contributed by atoms with Crippen molar-refractivity contribution >= 4 is 11.8 Å². The van der Waals surface area contributed by atoms with Gasteiger partial charge in [0.25, 0.3) is 5.91 Å². The Bertz CT molecular complexity index is 753. The molecule has 6 nitrogen and oxygen atoms in total. The van der Waals surface area contributed by atoms with E-state index < -0.39 is 11.7 Å². The number of likely N-dealkylation sites (tertiary alicyclic amines) is 1. The van der Waals surface area contributed by atoms with Crippen molar-refractivity contribution in [1.82, 2.24) is 20.2 Å². The number of amides is 2. The standard InChI is InChI=1S/C17H17FN4O2/c1-22-15(23)7-12(16(22)11-3-2-5-19-8-11)9-21-17(24)13-4-6-20-10-14(13)18/h2-6,8,10,12,16H,7,9H2,1H3,(H,21,24)/t12-,16-/m0/s1. The van der Waals surface area contributed by atoms with Gasteiger partial charge < -0.3 is 10.2 Å². The molecule has 7 heteroatoms. The zero-order valence-electron chi connectivity index (χ0n) is 13.1. The van der Waals surface area contributed by atoms with Crippen LogP contribution in [0.25, 0.3) is 0 Å². The number of aromatic nitrogens is 2. The van der Waals surface area contributed by atoms with E-state index in [1.165, 1.54) is 12.3 Å². The smallest absolute Gasteiger partial charge is 0.254 e. The highest BCUT2D eigenvalue weighted by molar-refractivity contribution is 5.94. The third-order valence-electron chi connectivity index (χ3n) is 4.26. The number of pyridine rings is 2. The van der Waals surface area contributed by atoms with E-state index in [2.05, 4.69) is 15.3 Å². The minimum atomic E-state index is -0.668. The lowest BCUT2D eigenvalue weighted by Gasteiger charge is -2.25. The zero-order valence-corrected chi connectivity index (χ0v) is 13.1. The Morgan fingerprint density at radius 2 is 2.12 bits per heavy atom. The molecule has 24 heavy (non-hydrogen) atoms. The Hall–Kier alpha value is -2.83. The van der Waals surface area contributed by atoms with Gasteiger partial charge in [-0.05, 0) is 17.7 Å². The minimum absolute atomic E-state index is 0.0122. The van der Waals surface area contributed by atoms with Crippen molar-refractivity contribution in [2.45, 2.75) is 12.5 Å². The molecule has 1 aliphatic rings. The summed E-state index contributed by atoms with van der Waals surface area (Å²) in [7, 11) is 1.74. The largest absolute Gasteiger partial charge is 0.352 e. The van der Waals surface area contributed by atoms with E-state index in [0.717, 1.165) is 11.8 Å². The molecule has 2 atom stereocenters. The van der Waals surface area contributed by atoms with Crippen molar-refractivity contribution in [2.75, 3.05) is 13.6 Å². The molecule has 1 aliphatic heterocycles. The predicted molar refractivity (Wildman–Crippen MR) is 84.4 cm³/mol. The third-order valence-corrected chi connectivity index (χ3v) is 4.26. The average molecular weight is 328 g/mol. The van der Waals surface area contributed by atoms with Gasteiger partial charge in [0.2, 0.25) is 5.91 Å². The van der Waals surface area contributed by atoms with Crippen molar-refractivity contribution in [2.24, 2.45) is 5.92 Å². The fourth-order valence-corrected chi connectivity index (χ4v) is 3.06. The highest BCUT2D eigenvalue weighted by atomic mass is 19.1. The van der Waals surface area contributed by atoms with Crippen LogP contribution in [0.1, 0.15) is 28.4 Å². The number of nitrogens with one attached hydrogen (secondary N) is 1. The van der Waals surface area contributed by atoms with E-state index in [1.807, 2.05) is 12.1 Å². The van der Waals surface area contributed by atoms with Crippen LogP contribution in [0.3, 0.4) is 0 Å². The van der Waals surface area contributed by atoms with Gasteiger partial charge in [-0.25, -0.2) is 4.39 Å². The molecule has 124 valence electrons. The van der Waals surface area contributed by atoms with Crippen LogP contribution in [-0.2, 0) is 4.79 Å². The number of rotatable bonds is 4. The molecule has 2 amide bonds. The lowest BCUT2D eigenvalue weighted by atomic mass is 9.94. The van der Waals surface area contributed by atoms with Crippen molar-refractivity contribution in [3.63, 3.8) is 0 Å². The van der Waals surface area contributed by atoms with Crippen LogP contribution in [0.4, 0.5) is 4.39 Å². The molecular weight excluding hydrogens is 311 g/mol. The molecule has 0 spiro atoms. The van der Waals surface area contributed by atoms with Crippen molar-refractivity contribution in [3.05, 3.63) is 59.9 Å². The molecule has 2 aromatic heterocycles. The van der Waals surface area contributed by atoms with E-state index in [4.69, 9.17) is 0 Å². The van der Waals surface area contributed by atoms with Crippen LogP contribution in [0.2, 0.25) is 0 Å². The monoisotopic (exact) mass is 328 g/mol. The molecule has 1 saturated heterocycles. The second-order valence-corrected chi connectivity index (χ2v) is 5.77. The Kier molecular flexibility index (Phi) is 4.50. The molecule has 0 unspecified atom stereocenters. The molecule has 3 heterocycles.